The first kappa shape index (κ1) is 30.2. The molecule has 2 atom stereocenters. The van der Waals surface area contributed by atoms with Crippen LogP contribution in [0.4, 0.5) is 27.6 Å². The Labute approximate surface area is 233 Å². The number of fused-ring (bicyclic) bond motifs is 1. The number of rotatable bonds is 9. The molecule has 0 spiro atoms. The van der Waals surface area contributed by atoms with Crippen molar-refractivity contribution in [1.29, 1.82) is 0 Å². The van der Waals surface area contributed by atoms with E-state index in [-0.39, 0.29) is 42.5 Å². The van der Waals surface area contributed by atoms with Gasteiger partial charge in [0.2, 0.25) is 5.91 Å². The van der Waals surface area contributed by atoms with Crippen LogP contribution in [-0.2, 0) is 41.6 Å². The average Bonchev–Trinajstić information content (AvgIpc) is 3.23. The Bertz CT molecular complexity index is 1410. The molecule has 1 N–H and O–H groups in total. The molecule has 3 aromatic rings. The van der Waals surface area contributed by atoms with E-state index in [1.807, 2.05) is 0 Å². The summed E-state index contributed by atoms with van der Waals surface area (Å²) in [6.45, 7) is 0.914. The summed E-state index contributed by atoms with van der Waals surface area (Å²) < 4.78 is 75.1. The lowest BCUT2D eigenvalue weighted by Gasteiger charge is -2.29. The van der Waals surface area contributed by atoms with E-state index in [1.165, 1.54) is 26.0 Å². The minimum Gasteiger partial charge on any atom is -0.497 e. The number of anilines is 1. The van der Waals surface area contributed by atoms with E-state index in [2.05, 4.69) is 5.10 Å². The molecule has 0 aliphatic heterocycles. The molecular formula is C29H30F5N3O4. The summed E-state index contributed by atoms with van der Waals surface area (Å²) in [5.41, 5.74) is -1.81. The fourth-order valence-electron chi connectivity index (χ4n) is 5.19. The molecule has 0 saturated heterocycles. The van der Waals surface area contributed by atoms with Crippen LogP contribution in [0.15, 0.2) is 42.5 Å². The van der Waals surface area contributed by atoms with Gasteiger partial charge in [0.15, 0.2) is 11.5 Å². The van der Waals surface area contributed by atoms with Gasteiger partial charge >= 0.3 is 6.18 Å². The predicted molar refractivity (Wildman–Crippen MR) is 139 cm³/mol. The SMILES string of the molecule is COc1ccc(N(C)C(=O)C(CC(=O)Cn2nc(C(F)(F)F)c3c2CCC(C)(O)C3)Cc2cc(F)cc(F)c2)cc1. The molecule has 0 bridgehead atoms. The number of ketones is 1. The standard InChI is InChI=1S/C29H30F5N3O4/c1-28(40)9-8-25-24(15-28)26(29(32,33)34)35-37(25)16-22(38)13-18(10-17-11-19(30)14-20(31)12-17)27(39)36(2)21-4-6-23(41-3)7-5-21/h4-7,11-12,14,18,40H,8-10,13,15-16H2,1-3H3. The van der Waals surface area contributed by atoms with Crippen LogP contribution in [0.5, 0.6) is 5.75 Å². The summed E-state index contributed by atoms with van der Waals surface area (Å²) in [7, 11) is 2.97. The topological polar surface area (TPSA) is 84.7 Å². The quantitative estimate of drug-likeness (QED) is 0.365. The number of methoxy groups -OCH3 is 1. The summed E-state index contributed by atoms with van der Waals surface area (Å²) >= 11 is 0. The van der Waals surface area contributed by atoms with Crippen LogP contribution in [-0.4, -0.2) is 46.3 Å². The highest BCUT2D eigenvalue weighted by molar-refractivity contribution is 5.97. The Morgan fingerprint density at radius 1 is 1.15 bits per heavy atom. The maximum Gasteiger partial charge on any atom is 0.435 e. The minimum atomic E-state index is -4.78. The Kier molecular flexibility index (Phi) is 8.53. The Morgan fingerprint density at radius 3 is 2.37 bits per heavy atom. The maximum atomic E-state index is 13.9. The van der Waals surface area contributed by atoms with Gasteiger partial charge in [0.1, 0.15) is 17.4 Å². The van der Waals surface area contributed by atoms with Gasteiger partial charge in [0.25, 0.3) is 0 Å². The van der Waals surface area contributed by atoms with Gasteiger partial charge in [-0.05, 0) is 68.1 Å². The van der Waals surface area contributed by atoms with Gasteiger partial charge in [0, 0.05) is 48.8 Å². The third-order valence-corrected chi connectivity index (χ3v) is 7.24. The molecule has 1 aliphatic carbocycles. The van der Waals surface area contributed by atoms with Crippen LogP contribution in [0.1, 0.15) is 42.3 Å². The molecule has 4 rings (SSSR count). The fourth-order valence-corrected chi connectivity index (χ4v) is 5.19. The Balaban J connectivity index is 1.61. The first-order valence-electron chi connectivity index (χ1n) is 12.9. The second kappa shape index (κ2) is 11.6. The van der Waals surface area contributed by atoms with Crippen molar-refractivity contribution in [3.05, 3.63) is 76.6 Å². The highest BCUT2D eigenvalue weighted by atomic mass is 19.4. The predicted octanol–water partition coefficient (Wildman–Crippen LogP) is 4.91. The highest BCUT2D eigenvalue weighted by Gasteiger charge is 2.43. The van der Waals surface area contributed by atoms with E-state index in [1.54, 1.807) is 24.3 Å². The lowest BCUT2D eigenvalue weighted by molar-refractivity contribution is -0.142. The third-order valence-electron chi connectivity index (χ3n) is 7.24. The van der Waals surface area contributed by atoms with Crippen molar-refractivity contribution in [2.45, 2.75) is 57.3 Å². The number of hydrogen-bond acceptors (Lipinski definition) is 5. The molecule has 1 heterocycles. The first-order valence-corrected chi connectivity index (χ1v) is 12.9. The molecule has 0 fully saturated rings. The molecule has 41 heavy (non-hydrogen) atoms. The summed E-state index contributed by atoms with van der Waals surface area (Å²) in [6, 6.07) is 9.34. The number of benzene rings is 2. The molecule has 12 heteroatoms. The zero-order valence-corrected chi connectivity index (χ0v) is 22.8. The van der Waals surface area contributed by atoms with Crippen molar-refractivity contribution < 1.29 is 41.4 Å². The van der Waals surface area contributed by atoms with Gasteiger partial charge < -0.3 is 14.7 Å². The molecule has 1 aliphatic rings. The lowest BCUT2D eigenvalue weighted by Crippen LogP contribution is -2.36. The number of carbonyl (C=O) groups excluding carboxylic acids is 2. The molecular weight excluding hydrogens is 549 g/mol. The molecule has 2 aromatic carbocycles. The number of carbonyl (C=O) groups is 2. The van der Waals surface area contributed by atoms with Gasteiger partial charge in [-0.1, -0.05) is 0 Å². The molecule has 1 aromatic heterocycles. The van der Waals surface area contributed by atoms with Crippen molar-refractivity contribution >= 4 is 17.4 Å². The summed E-state index contributed by atoms with van der Waals surface area (Å²) in [4.78, 5) is 28.1. The van der Waals surface area contributed by atoms with Gasteiger partial charge in [-0.3, -0.25) is 14.3 Å². The summed E-state index contributed by atoms with van der Waals surface area (Å²) in [6.07, 6.45) is -5.37. The van der Waals surface area contributed by atoms with Crippen LogP contribution in [0, 0.1) is 17.6 Å². The molecule has 7 nitrogen and oxygen atoms in total. The van der Waals surface area contributed by atoms with E-state index in [0.717, 1.165) is 16.8 Å². The summed E-state index contributed by atoms with van der Waals surface area (Å²) in [5, 5.41) is 14.0. The lowest BCUT2D eigenvalue weighted by atomic mass is 9.84. The Morgan fingerprint density at radius 2 is 1.78 bits per heavy atom. The van der Waals surface area contributed by atoms with Crippen molar-refractivity contribution in [3.63, 3.8) is 0 Å². The van der Waals surface area contributed by atoms with Gasteiger partial charge in [-0.15, -0.1) is 0 Å². The van der Waals surface area contributed by atoms with E-state index in [4.69, 9.17) is 4.74 Å². The number of alkyl halides is 3. The van der Waals surface area contributed by atoms with Crippen molar-refractivity contribution in [1.82, 2.24) is 9.78 Å². The highest BCUT2D eigenvalue weighted by Crippen LogP contribution is 2.38. The second-order valence-corrected chi connectivity index (χ2v) is 10.6. The van der Waals surface area contributed by atoms with E-state index in [0.29, 0.717) is 17.5 Å². The zero-order valence-electron chi connectivity index (χ0n) is 22.8. The van der Waals surface area contributed by atoms with Gasteiger partial charge in [-0.2, -0.15) is 18.3 Å². The zero-order chi connectivity index (χ0) is 30.1. The number of aromatic nitrogens is 2. The number of Topliss-reactive ketones (excluding diaryl/α,β-unsaturated/α-hetero) is 1. The number of hydrogen-bond donors (Lipinski definition) is 1. The van der Waals surface area contributed by atoms with Crippen LogP contribution >= 0.6 is 0 Å². The summed E-state index contributed by atoms with van der Waals surface area (Å²) in [5.74, 6) is -3.33. The van der Waals surface area contributed by atoms with Crippen LogP contribution < -0.4 is 9.64 Å². The van der Waals surface area contributed by atoms with Crippen LogP contribution in [0.2, 0.25) is 0 Å². The second-order valence-electron chi connectivity index (χ2n) is 10.6. The largest absolute Gasteiger partial charge is 0.497 e. The van der Waals surface area contributed by atoms with Crippen LogP contribution in [0.3, 0.4) is 0 Å². The Hall–Kier alpha value is -3.80. The maximum absolute atomic E-state index is 13.9. The average molecular weight is 580 g/mol. The van der Waals surface area contributed by atoms with Crippen molar-refractivity contribution in [3.8, 4) is 5.75 Å². The third kappa shape index (κ3) is 7.10. The number of aliphatic hydroxyl groups is 1. The fraction of sp³-hybridized carbons (Fsp3) is 0.414. The number of ether oxygens (including phenoxy) is 1. The molecule has 0 radical (unpaired) electrons. The smallest absolute Gasteiger partial charge is 0.435 e. The van der Waals surface area contributed by atoms with E-state index < -0.39 is 59.7 Å². The monoisotopic (exact) mass is 579 g/mol. The van der Waals surface area contributed by atoms with Crippen LogP contribution in [0.25, 0.3) is 0 Å². The number of halogens is 5. The van der Waals surface area contributed by atoms with E-state index in [9.17, 15) is 36.6 Å². The van der Waals surface area contributed by atoms with Crippen molar-refractivity contribution in [2.75, 3.05) is 19.1 Å². The normalized spacial score (nSPS) is 17.6. The molecule has 1 amide bonds. The van der Waals surface area contributed by atoms with Gasteiger partial charge in [0.05, 0.1) is 19.3 Å². The van der Waals surface area contributed by atoms with Gasteiger partial charge in [-0.25, -0.2) is 8.78 Å². The minimum absolute atomic E-state index is 0.0871. The van der Waals surface area contributed by atoms with E-state index >= 15 is 0 Å². The number of amides is 1. The molecule has 0 saturated carbocycles. The van der Waals surface area contributed by atoms with Crippen molar-refractivity contribution in [2.24, 2.45) is 5.92 Å². The first-order chi connectivity index (χ1) is 19.2. The molecule has 220 valence electrons. The molecule has 2 unspecified atom stereocenters. The number of nitrogens with zero attached hydrogens (tertiary/aromatic N) is 3.